The molecule has 0 saturated heterocycles. The fourth-order valence-electron chi connectivity index (χ4n) is 0.869. The summed E-state index contributed by atoms with van der Waals surface area (Å²) in [7, 11) is 0. The molecule has 1 aromatic carbocycles. The topological polar surface area (TPSA) is 65.8 Å². The zero-order valence-corrected chi connectivity index (χ0v) is 6.56. The van der Waals surface area contributed by atoms with Crippen LogP contribution in [0.5, 0.6) is 0 Å². The van der Waals surface area contributed by atoms with Crippen LogP contribution in [0.4, 0.5) is 5.69 Å². The Morgan fingerprint density at radius 1 is 1.58 bits per heavy atom. The van der Waals surface area contributed by atoms with Gasteiger partial charge in [0.05, 0.1) is 0 Å². The maximum atomic E-state index is 10.4. The van der Waals surface area contributed by atoms with Gasteiger partial charge in [0.1, 0.15) is 6.29 Å². The van der Waals surface area contributed by atoms with E-state index in [9.17, 15) is 4.79 Å². The van der Waals surface area contributed by atoms with Gasteiger partial charge in [-0.25, -0.2) is 0 Å². The van der Waals surface area contributed by atoms with Crippen molar-refractivity contribution in [3.63, 3.8) is 0 Å². The van der Waals surface area contributed by atoms with Gasteiger partial charge in [-0.1, -0.05) is 17.2 Å². The molecule has 12 heavy (non-hydrogen) atoms. The summed E-state index contributed by atoms with van der Waals surface area (Å²) < 4.78 is 0. The number of aryl methyl sites for hydroxylation is 1. The van der Waals surface area contributed by atoms with Crippen molar-refractivity contribution in [1.29, 1.82) is 0 Å². The lowest BCUT2D eigenvalue weighted by atomic mass is 10.1. The van der Waals surface area contributed by atoms with Crippen LogP contribution in [-0.2, 0) is 0 Å². The molecule has 0 radical (unpaired) electrons. The number of carbonyl (C=O) groups excluding carboxylic acids is 1. The van der Waals surface area contributed by atoms with Crippen molar-refractivity contribution in [2.75, 3.05) is 0 Å². The van der Waals surface area contributed by atoms with Gasteiger partial charge in [0.2, 0.25) is 0 Å². The van der Waals surface area contributed by atoms with Gasteiger partial charge >= 0.3 is 0 Å². The summed E-state index contributed by atoms with van der Waals surface area (Å²) in [4.78, 5) is 13.1. The zero-order valence-electron chi connectivity index (χ0n) is 6.56. The zero-order chi connectivity index (χ0) is 8.97. The quantitative estimate of drug-likeness (QED) is 0.284. The van der Waals surface area contributed by atoms with Gasteiger partial charge in [-0.2, -0.15) is 0 Å². The molecule has 0 aromatic heterocycles. The summed E-state index contributed by atoms with van der Waals surface area (Å²) in [5.41, 5.74) is 10.0. The van der Waals surface area contributed by atoms with E-state index in [1.54, 1.807) is 18.2 Å². The van der Waals surface area contributed by atoms with Crippen molar-refractivity contribution >= 4 is 12.0 Å². The molecule has 1 rings (SSSR count). The number of aldehydes is 1. The van der Waals surface area contributed by atoms with E-state index in [-0.39, 0.29) is 0 Å². The number of carbonyl (C=O) groups is 1. The van der Waals surface area contributed by atoms with Crippen LogP contribution >= 0.6 is 0 Å². The van der Waals surface area contributed by atoms with Crippen LogP contribution in [0.25, 0.3) is 10.4 Å². The first-order chi connectivity index (χ1) is 5.77. The molecule has 0 aliphatic carbocycles. The van der Waals surface area contributed by atoms with Crippen LogP contribution < -0.4 is 0 Å². The number of nitrogens with zero attached hydrogens (tertiary/aromatic N) is 3. The summed E-state index contributed by atoms with van der Waals surface area (Å²) in [5.74, 6) is 0. The van der Waals surface area contributed by atoms with Crippen molar-refractivity contribution in [3.8, 4) is 0 Å². The average molecular weight is 161 g/mol. The predicted octanol–water partition coefficient (Wildman–Crippen LogP) is 2.75. The molecule has 0 fully saturated rings. The Kier molecular flexibility index (Phi) is 2.46. The second kappa shape index (κ2) is 3.55. The minimum atomic E-state index is 0.463. The number of rotatable bonds is 2. The van der Waals surface area contributed by atoms with Gasteiger partial charge < -0.3 is 0 Å². The number of hydrogen-bond donors (Lipinski definition) is 0. The fourth-order valence-corrected chi connectivity index (χ4v) is 0.869. The van der Waals surface area contributed by atoms with Gasteiger partial charge in [0, 0.05) is 16.2 Å². The maximum absolute atomic E-state index is 10.4. The predicted molar refractivity (Wildman–Crippen MR) is 45.4 cm³/mol. The van der Waals surface area contributed by atoms with Crippen molar-refractivity contribution in [3.05, 3.63) is 39.8 Å². The summed E-state index contributed by atoms with van der Waals surface area (Å²) in [6.45, 7) is 1.82. The Morgan fingerprint density at radius 2 is 2.33 bits per heavy atom. The highest BCUT2D eigenvalue weighted by Crippen LogP contribution is 2.16. The van der Waals surface area contributed by atoms with Crippen LogP contribution in [-0.4, -0.2) is 6.29 Å². The van der Waals surface area contributed by atoms with Gasteiger partial charge in [0.25, 0.3) is 0 Å². The third kappa shape index (κ3) is 1.62. The Hall–Kier alpha value is -1.80. The molecule has 0 amide bonds. The lowest BCUT2D eigenvalue weighted by Crippen LogP contribution is -1.83. The SMILES string of the molecule is Cc1ccc(N=[N+]=[N-])cc1C=O. The normalized spacial score (nSPS) is 8.75. The van der Waals surface area contributed by atoms with E-state index in [4.69, 9.17) is 5.53 Å². The van der Waals surface area contributed by atoms with E-state index in [0.717, 1.165) is 11.8 Å². The lowest BCUT2D eigenvalue weighted by Gasteiger charge is -1.97. The molecule has 1 aromatic rings. The first kappa shape index (κ1) is 8.30. The van der Waals surface area contributed by atoms with E-state index < -0.39 is 0 Å². The first-order valence-corrected chi connectivity index (χ1v) is 3.39. The second-order valence-electron chi connectivity index (χ2n) is 2.35. The Labute approximate surface area is 69.5 Å². The third-order valence-electron chi connectivity index (χ3n) is 1.55. The van der Waals surface area contributed by atoms with E-state index in [2.05, 4.69) is 10.0 Å². The molecule has 60 valence electrons. The minimum absolute atomic E-state index is 0.463. The van der Waals surface area contributed by atoms with E-state index in [1.165, 1.54) is 0 Å². The standard InChI is InChI=1S/C8H7N3O/c1-6-2-3-8(10-11-9)4-7(6)5-12/h2-5H,1H3. The molecular formula is C8H7N3O. The van der Waals surface area contributed by atoms with Gasteiger partial charge in [-0.15, -0.1) is 0 Å². The fraction of sp³-hybridized carbons (Fsp3) is 0.125. The summed E-state index contributed by atoms with van der Waals surface area (Å²) >= 11 is 0. The summed E-state index contributed by atoms with van der Waals surface area (Å²) in [6.07, 6.45) is 0.742. The molecule has 0 aliphatic rings. The average Bonchev–Trinajstić information content (AvgIpc) is 2.09. The van der Waals surface area contributed by atoms with Crippen LogP contribution in [0.2, 0.25) is 0 Å². The van der Waals surface area contributed by atoms with E-state index >= 15 is 0 Å². The van der Waals surface area contributed by atoms with Crippen molar-refractivity contribution in [2.45, 2.75) is 6.92 Å². The third-order valence-corrected chi connectivity index (χ3v) is 1.55. The highest BCUT2D eigenvalue weighted by molar-refractivity contribution is 5.78. The van der Waals surface area contributed by atoms with Gasteiger partial charge in [-0.05, 0) is 24.1 Å². The summed E-state index contributed by atoms with van der Waals surface area (Å²) in [5, 5.41) is 3.38. The van der Waals surface area contributed by atoms with E-state index in [1.807, 2.05) is 6.92 Å². The molecule has 0 saturated carbocycles. The summed E-state index contributed by atoms with van der Waals surface area (Å²) in [6, 6.07) is 4.97. The van der Waals surface area contributed by atoms with Crippen LogP contribution in [0.1, 0.15) is 15.9 Å². The lowest BCUT2D eigenvalue weighted by molar-refractivity contribution is 0.112. The van der Waals surface area contributed by atoms with Crippen LogP contribution in [0.3, 0.4) is 0 Å². The molecule has 0 aliphatic heterocycles. The van der Waals surface area contributed by atoms with Gasteiger partial charge in [-0.3, -0.25) is 4.79 Å². The number of azide groups is 1. The molecule has 0 atom stereocenters. The van der Waals surface area contributed by atoms with Gasteiger partial charge in [0.15, 0.2) is 0 Å². The Balaban J connectivity index is 3.21. The van der Waals surface area contributed by atoms with Crippen molar-refractivity contribution < 1.29 is 4.79 Å². The van der Waals surface area contributed by atoms with Crippen LogP contribution in [0, 0.1) is 6.92 Å². The van der Waals surface area contributed by atoms with Crippen molar-refractivity contribution in [1.82, 2.24) is 0 Å². The molecule has 4 heteroatoms. The number of hydrogen-bond acceptors (Lipinski definition) is 2. The molecule has 0 spiro atoms. The molecule has 0 bridgehead atoms. The first-order valence-electron chi connectivity index (χ1n) is 3.39. The highest BCUT2D eigenvalue weighted by atomic mass is 16.1. The largest absolute Gasteiger partial charge is 0.298 e. The molecule has 0 unspecified atom stereocenters. The van der Waals surface area contributed by atoms with Crippen molar-refractivity contribution in [2.24, 2.45) is 5.11 Å². The Morgan fingerprint density at radius 3 is 2.92 bits per heavy atom. The second-order valence-corrected chi connectivity index (χ2v) is 2.35. The smallest absolute Gasteiger partial charge is 0.150 e. The Bertz CT molecular complexity index is 353. The highest BCUT2D eigenvalue weighted by Gasteiger charge is 1.96. The molecule has 0 heterocycles. The maximum Gasteiger partial charge on any atom is 0.150 e. The molecule has 4 nitrogen and oxygen atoms in total. The van der Waals surface area contributed by atoms with E-state index in [0.29, 0.717) is 11.3 Å². The molecule has 0 N–H and O–H groups in total. The molecular weight excluding hydrogens is 154 g/mol. The monoisotopic (exact) mass is 161 g/mol. The number of benzene rings is 1. The van der Waals surface area contributed by atoms with Crippen LogP contribution in [0.15, 0.2) is 23.3 Å². The minimum Gasteiger partial charge on any atom is -0.298 e.